The predicted octanol–water partition coefficient (Wildman–Crippen LogP) is 2.48. The van der Waals surface area contributed by atoms with Gasteiger partial charge in [-0.05, 0) is 33.5 Å². The van der Waals surface area contributed by atoms with E-state index in [1.807, 2.05) is 39.1 Å². The van der Waals surface area contributed by atoms with Gasteiger partial charge in [0.2, 0.25) is 0 Å². The summed E-state index contributed by atoms with van der Waals surface area (Å²) in [7, 11) is 3.89. The maximum Gasteiger partial charge on any atom is 0.253 e. The van der Waals surface area contributed by atoms with Gasteiger partial charge in [0.05, 0.1) is 0 Å². The standard InChI is InChI=1S/C15H26N2O/c1-7-14(10-9-13(3)4)15(18)17(6)12-11-16(5)8-2/h7,9-10H,3,8,11-12H2,1-2,4-6H3/b10-9-,14-7+. The molecular formula is C15H26N2O. The zero-order valence-corrected chi connectivity index (χ0v) is 12.4. The van der Waals surface area contributed by atoms with E-state index in [0.29, 0.717) is 5.57 Å². The molecule has 0 aromatic heterocycles. The Hall–Kier alpha value is -1.35. The lowest BCUT2D eigenvalue weighted by molar-refractivity contribution is -0.125. The van der Waals surface area contributed by atoms with E-state index in [1.165, 1.54) is 0 Å². The first kappa shape index (κ1) is 16.6. The van der Waals surface area contributed by atoms with Crippen molar-refractivity contribution >= 4 is 5.91 Å². The monoisotopic (exact) mass is 250 g/mol. The average Bonchev–Trinajstić information content (AvgIpc) is 2.35. The molecule has 0 aliphatic rings. The fourth-order valence-corrected chi connectivity index (χ4v) is 1.32. The summed E-state index contributed by atoms with van der Waals surface area (Å²) in [6.45, 7) is 12.3. The molecule has 0 spiro atoms. The first-order valence-corrected chi connectivity index (χ1v) is 6.36. The molecule has 0 aromatic rings. The number of likely N-dealkylation sites (N-methyl/N-ethyl adjacent to an activating group) is 2. The molecule has 3 nitrogen and oxygen atoms in total. The minimum Gasteiger partial charge on any atom is -0.340 e. The Labute approximate surface area is 111 Å². The summed E-state index contributed by atoms with van der Waals surface area (Å²) in [6.07, 6.45) is 5.52. The van der Waals surface area contributed by atoms with E-state index in [4.69, 9.17) is 0 Å². The van der Waals surface area contributed by atoms with E-state index in [-0.39, 0.29) is 5.91 Å². The lowest BCUT2D eigenvalue weighted by Crippen LogP contribution is -2.35. The van der Waals surface area contributed by atoms with E-state index in [2.05, 4.69) is 25.5 Å². The highest BCUT2D eigenvalue weighted by Crippen LogP contribution is 2.04. The molecule has 0 saturated carbocycles. The molecule has 0 aromatic carbocycles. The molecule has 0 bridgehead atoms. The highest BCUT2D eigenvalue weighted by atomic mass is 16.2. The van der Waals surface area contributed by atoms with Gasteiger partial charge in [0.15, 0.2) is 0 Å². The van der Waals surface area contributed by atoms with Gasteiger partial charge in [0, 0.05) is 25.7 Å². The second-order valence-corrected chi connectivity index (χ2v) is 4.55. The van der Waals surface area contributed by atoms with Crippen LogP contribution in [0.25, 0.3) is 0 Å². The highest BCUT2D eigenvalue weighted by molar-refractivity contribution is 5.96. The number of carbonyl (C=O) groups is 1. The van der Waals surface area contributed by atoms with Crippen molar-refractivity contribution in [3.05, 3.63) is 36.0 Å². The Morgan fingerprint density at radius 1 is 1.22 bits per heavy atom. The molecule has 0 N–H and O–H groups in total. The van der Waals surface area contributed by atoms with Crippen molar-refractivity contribution in [2.75, 3.05) is 33.7 Å². The fraction of sp³-hybridized carbons (Fsp3) is 0.533. The van der Waals surface area contributed by atoms with Gasteiger partial charge in [-0.15, -0.1) is 0 Å². The molecule has 1 amide bonds. The summed E-state index contributed by atoms with van der Waals surface area (Å²) < 4.78 is 0. The van der Waals surface area contributed by atoms with Gasteiger partial charge in [-0.25, -0.2) is 0 Å². The van der Waals surface area contributed by atoms with Gasteiger partial charge in [-0.3, -0.25) is 4.79 Å². The van der Waals surface area contributed by atoms with Crippen LogP contribution in [0.1, 0.15) is 20.8 Å². The summed E-state index contributed by atoms with van der Waals surface area (Å²) in [5, 5.41) is 0. The molecule has 18 heavy (non-hydrogen) atoms. The molecule has 102 valence electrons. The second kappa shape index (κ2) is 8.70. The Morgan fingerprint density at radius 3 is 2.28 bits per heavy atom. The predicted molar refractivity (Wildman–Crippen MR) is 78.5 cm³/mol. The summed E-state index contributed by atoms with van der Waals surface area (Å²) in [4.78, 5) is 16.1. The number of carbonyl (C=O) groups excluding carboxylic acids is 1. The quantitative estimate of drug-likeness (QED) is 0.512. The number of allylic oxidation sites excluding steroid dienone is 3. The number of nitrogens with zero attached hydrogens (tertiary/aromatic N) is 2. The molecule has 0 aliphatic heterocycles. The number of hydrogen-bond donors (Lipinski definition) is 0. The third kappa shape index (κ3) is 6.40. The third-order valence-electron chi connectivity index (χ3n) is 2.81. The molecule has 0 rings (SSSR count). The van der Waals surface area contributed by atoms with Crippen molar-refractivity contribution in [2.24, 2.45) is 0 Å². The lowest BCUT2D eigenvalue weighted by Gasteiger charge is -2.21. The fourth-order valence-electron chi connectivity index (χ4n) is 1.32. The van der Waals surface area contributed by atoms with Crippen molar-refractivity contribution in [3.63, 3.8) is 0 Å². The zero-order chi connectivity index (χ0) is 14.1. The number of rotatable bonds is 7. The van der Waals surface area contributed by atoms with Gasteiger partial charge in [0.1, 0.15) is 0 Å². The van der Waals surface area contributed by atoms with Crippen molar-refractivity contribution in [3.8, 4) is 0 Å². The normalized spacial score (nSPS) is 12.2. The largest absolute Gasteiger partial charge is 0.340 e. The molecule has 0 heterocycles. The topological polar surface area (TPSA) is 23.6 Å². The molecule has 0 aliphatic carbocycles. The van der Waals surface area contributed by atoms with Crippen LogP contribution in [0.15, 0.2) is 36.0 Å². The van der Waals surface area contributed by atoms with Gasteiger partial charge in [0.25, 0.3) is 5.91 Å². The number of amides is 1. The van der Waals surface area contributed by atoms with Crippen molar-refractivity contribution < 1.29 is 4.79 Å². The molecule has 0 radical (unpaired) electrons. The van der Waals surface area contributed by atoms with Crippen LogP contribution in [0.4, 0.5) is 0 Å². The Kier molecular flexibility index (Phi) is 8.05. The summed E-state index contributed by atoms with van der Waals surface area (Å²) in [6, 6.07) is 0. The minimum absolute atomic E-state index is 0.0551. The van der Waals surface area contributed by atoms with Crippen LogP contribution in [0.5, 0.6) is 0 Å². The van der Waals surface area contributed by atoms with E-state index >= 15 is 0 Å². The highest BCUT2D eigenvalue weighted by Gasteiger charge is 2.11. The molecule has 0 fully saturated rings. The van der Waals surface area contributed by atoms with Gasteiger partial charge < -0.3 is 9.80 Å². The van der Waals surface area contributed by atoms with Gasteiger partial charge >= 0.3 is 0 Å². The van der Waals surface area contributed by atoms with Crippen LogP contribution in [-0.2, 0) is 4.79 Å². The van der Waals surface area contributed by atoms with Crippen molar-refractivity contribution in [2.45, 2.75) is 20.8 Å². The van der Waals surface area contributed by atoms with Gasteiger partial charge in [-0.2, -0.15) is 0 Å². The Morgan fingerprint density at radius 2 is 1.83 bits per heavy atom. The maximum atomic E-state index is 12.1. The average molecular weight is 250 g/mol. The van der Waals surface area contributed by atoms with E-state index < -0.39 is 0 Å². The zero-order valence-electron chi connectivity index (χ0n) is 12.4. The van der Waals surface area contributed by atoms with Crippen molar-refractivity contribution in [1.82, 2.24) is 9.80 Å². The van der Waals surface area contributed by atoms with E-state index in [9.17, 15) is 4.79 Å². The van der Waals surface area contributed by atoms with Gasteiger partial charge in [-0.1, -0.05) is 31.2 Å². The lowest BCUT2D eigenvalue weighted by atomic mass is 10.1. The van der Waals surface area contributed by atoms with Crippen molar-refractivity contribution in [1.29, 1.82) is 0 Å². The first-order valence-electron chi connectivity index (χ1n) is 6.36. The Balaban J connectivity index is 4.47. The van der Waals surface area contributed by atoms with Crippen LogP contribution >= 0.6 is 0 Å². The van der Waals surface area contributed by atoms with Crippen LogP contribution in [0.3, 0.4) is 0 Å². The van der Waals surface area contributed by atoms with Crippen LogP contribution < -0.4 is 0 Å². The number of hydrogen-bond acceptors (Lipinski definition) is 2. The molecule has 0 saturated heterocycles. The van der Waals surface area contributed by atoms with E-state index in [0.717, 1.165) is 25.2 Å². The van der Waals surface area contributed by atoms with Crippen LogP contribution in [0.2, 0.25) is 0 Å². The Bertz CT molecular complexity index is 342. The summed E-state index contributed by atoms with van der Waals surface area (Å²) >= 11 is 0. The summed E-state index contributed by atoms with van der Waals surface area (Å²) in [5.41, 5.74) is 1.65. The maximum absolute atomic E-state index is 12.1. The van der Waals surface area contributed by atoms with Crippen LogP contribution in [-0.4, -0.2) is 49.4 Å². The SMILES string of the molecule is C=C(C)/C=C\C(=C/C)C(=O)N(C)CCN(C)CC. The van der Waals surface area contributed by atoms with E-state index in [1.54, 1.807) is 4.90 Å². The first-order chi connectivity index (χ1) is 8.42. The second-order valence-electron chi connectivity index (χ2n) is 4.55. The van der Waals surface area contributed by atoms with Crippen LogP contribution in [0, 0.1) is 0 Å². The smallest absolute Gasteiger partial charge is 0.253 e. The third-order valence-corrected chi connectivity index (χ3v) is 2.81. The molecule has 3 heteroatoms. The molecule has 0 atom stereocenters. The molecule has 0 unspecified atom stereocenters. The minimum atomic E-state index is 0.0551. The molecular weight excluding hydrogens is 224 g/mol. The summed E-state index contributed by atoms with van der Waals surface area (Å²) in [5.74, 6) is 0.0551.